The fourth-order valence-corrected chi connectivity index (χ4v) is 1.79. The summed E-state index contributed by atoms with van der Waals surface area (Å²) in [5, 5.41) is 1.57. The Morgan fingerprint density at radius 1 is 0.842 bits per heavy atom. The van der Waals surface area contributed by atoms with Gasteiger partial charge in [0.2, 0.25) is 0 Å². The molecule has 96 valence electrons. The van der Waals surface area contributed by atoms with Gasteiger partial charge in [-0.3, -0.25) is 5.43 Å². The molecule has 0 saturated carbocycles. The van der Waals surface area contributed by atoms with Crippen molar-refractivity contribution < 1.29 is 4.84 Å². The minimum absolute atomic E-state index is 0.717. The molecule has 1 aliphatic heterocycles. The van der Waals surface area contributed by atoms with Crippen LogP contribution in [0.4, 0.5) is 17.1 Å². The van der Waals surface area contributed by atoms with Gasteiger partial charge in [-0.1, -0.05) is 0 Å². The van der Waals surface area contributed by atoms with Crippen molar-refractivity contribution in [2.75, 3.05) is 16.6 Å². The van der Waals surface area contributed by atoms with Gasteiger partial charge >= 0.3 is 0 Å². The predicted molar refractivity (Wildman–Crippen MR) is 76.4 cm³/mol. The maximum Gasteiger partial charge on any atom is 0.182 e. The number of hydrazine groups is 1. The summed E-state index contributed by atoms with van der Waals surface area (Å²) in [6.45, 7) is 0. The van der Waals surface area contributed by atoms with Crippen LogP contribution in [-0.2, 0) is 4.84 Å². The third-order valence-electron chi connectivity index (χ3n) is 2.83. The Bertz CT molecular complexity index is 604. The second kappa shape index (κ2) is 4.45. The first-order chi connectivity index (χ1) is 9.22. The van der Waals surface area contributed by atoms with Crippen LogP contribution in [0.25, 0.3) is 5.76 Å². The molecule has 0 radical (unpaired) electrons. The lowest BCUT2D eigenvalue weighted by Crippen LogP contribution is -2.28. The van der Waals surface area contributed by atoms with Crippen molar-refractivity contribution >= 4 is 22.8 Å². The van der Waals surface area contributed by atoms with Gasteiger partial charge in [-0.25, -0.2) is 0 Å². The molecule has 0 amide bonds. The van der Waals surface area contributed by atoms with Crippen molar-refractivity contribution in [1.29, 1.82) is 0 Å². The topological polar surface area (TPSA) is 76.5 Å². The molecule has 0 aliphatic carbocycles. The van der Waals surface area contributed by atoms with Crippen LogP contribution in [0.15, 0.2) is 54.7 Å². The summed E-state index contributed by atoms with van der Waals surface area (Å²) in [5.41, 5.74) is 17.6. The molecule has 0 aromatic heterocycles. The molecule has 1 aliphatic rings. The minimum Gasteiger partial charge on any atom is -0.399 e. The van der Waals surface area contributed by atoms with Crippen molar-refractivity contribution in [3.63, 3.8) is 0 Å². The fraction of sp³-hybridized carbons (Fsp3) is 0. The average molecular weight is 254 g/mol. The second-order valence-corrected chi connectivity index (χ2v) is 4.24. The van der Waals surface area contributed by atoms with Crippen molar-refractivity contribution in [3.05, 3.63) is 60.3 Å². The maximum atomic E-state index is 5.71. The summed E-state index contributed by atoms with van der Waals surface area (Å²) in [7, 11) is 0. The smallest absolute Gasteiger partial charge is 0.182 e. The Labute approximate surface area is 111 Å². The molecule has 1 heterocycles. The molecule has 2 aromatic rings. The lowest BCUT2D eigenvalue weighted by atomic mass is 10.2. The van der Waals surface area contributed by atoms with E-state index in [4.69, 9.17) is 16.3 Å². The Hall–Kier alpha value is -2.82. The number of nitrogens with two attached hydrogens (primary N) is 2. The number of nitrogen functional groups attached to an aromatic ring is 2. The highest BCUT2D eigenvalue weighted by Crippen LogP contribution is 2.25. The van der Waals surface area contributed by atoms with E-state index >= 15 is 0 Å². The summed E-state index contributed by atoms with van der Waals surface area (Å²) in [6.07, 6.45) is 1.79. The van der Waals surface area contributed by atoms with Crippen molar-refractivity contribution in [1.82, 2.24) is 5.43 Å². The lowest BCUT2D eigenvalue weighted by molar-refractivity contribution is 0.243. The van der Waals surface area contributed by atoms with Crippen molar-refractivity contribution in [2.45, 2.75) is 0 Å². The van der Waals surface area contributed by atoms with Gasteiger partial charge in [0.1, 0.15) is 0 Å². The first kappa shape index (κ1) is 11.3. The zero-order chi connectivity index (χ0) is 13.2. The van der Waals surface area contributed by atoms with Crippen LogP contribution in [0.5, 0.6) is 0 Å². The Balaban J connectivity index is 1.76. The summed E-state index contributed by atoms with van der Waals surface area (Å²) in [6, 6.07) is 14.9. The average Bonchev–Trinajstić information content (AvgIpc) is 2.90. The number of hydrogen-bond donors (Lipinski definition) is 3. The SMILES string of the molecule is Nc1ccc(C2=CNN(c3ccc(N)cc3)O2)cc1. The highest BCUT2D eigenvalue weighted by molar-refractivity contribution is 5.65. The molecule has 5 nitrogen and oxygen atoms in total. The van der Waals surface area contributed by atoms with E-state index in [1.807, 2.05) is 48.5 Å². The zero-order valence-corrected chi connectivity index (χ0v) is 10.2. The van der Waals surface area contributed by atoms with Gasteiger partial charge in [0.25, 0.3) is 0 Å². The predicted octanol–water partition coefficient (Wildman–Crippen LogP) is 2.11. The molecule has 5 N–H and O–H groups in total. The van der Waals surface area contributed by atoms with E-state index < -0.39 is 0 Å². The number of anilines is 3. The molecule has 0 saturated heterocycles. The molecule has 19 heavy (non-hydrogen) atoms. The van der Waals surface area contributed by atoms with Gasteiger partial charge < -0.3 is 16.3 Å². The van der Waals surface area contributed by atoms with Crippen molar-refractivity contribution in [2.24, 2.45) is 0 Å². The van der Waals surface area contributed by atoms with Crippen LogP contribution in [-0.4, -0.2) is 0 Å². The number of rotatable bonds is 2. The lowest BCUT2D eigenvalue weighted by Gasteiger charge is -2.17. The van der Waals surface area contributed by atoms with E-state index in [0.29, 0.717) is 0 Å². The summed E-state index contributed by atoms with van der Waals surface area (Å²) in [4.78, 5) is 5.71. The van der Waals surface area contributed by atoms with Gasteiger partial charge in [-0.15, -0.1) is 5.17 Å². The van der Waals surface area contributed by atoms with Gasteiger partial charge in [0.15, 0.2) is 5.76 Å². The van der Waals surface area contributed by atoms with E-state index in [-0.39, 0.29) is 0 Å². The molecule has 0 spiro atoms. The largest absolute Gasteiger partial charge is 0.399 e. The zero-order valence-electron chi connectivity index (χ0n) is 10.2. The van der Waals surface area contributed by atoms with E-state index in [2.05, 4.69) is 5.43 Å². The molecular formula is C14H14N4O. The van der Waals surface area contributed by atoms with E-state index in [0.717, 1.165) is 28.4 Å². The Kier molecular flexibility index (Phi) is 2.64. The van der Waals surface area contributed by atoms with Gasteiger partial charge in [-0.05, 0) is 48.5 Å². The second-order valence-electron chi connectivity index (χ2n) is 4.24. The first-order valence-corrected chi connectivity index (χ1v) is 5.88. The highest BCUT2D eigenvalue weighted by atomic mass is 16.7. The maximum absolute atomic E-state index is 5.71. The standard InChI is InChI=1S/C14H14N4O/c15-11-3-1-10(2-4-11)14-9-17-18(19-14)13-7-5-12(16)6-8-13/h1-9,17H,15-16H2. The molecule has 0 atom stereocenters. The Morgan fingerprint density at radius 3 is 2.05 bits per heavy atom. The summed E-state index contributed by atoms with van der Waals surface area (Å²) in [5.74, 6) is 0.733. The monoisotopic (exact) mass is 254 g/mol. The molecule has 0 bridgehead atoms. The first-order valence-electron chi connectivity index (χ1n) is 5.88. The number of nitrogens with one attached hydrogen (secondary N) is 1. The summed E-state index contributed by atoms with van der Waals surface area (Å²) >= 11 is 0. The molecule has 0 fully saturated rings. The fourth-order valence-electron chi connectivity index (χ4n) is 1.79. The van der Waals surface area contributed by atoms with Crippen LogP contribution in [0.1, 0.15) is 5.56 Å². The van der Waals surface area contributed by atoms with E-state index in [1.54, 1.807) is 11.4 Å². The van der Waals surface area contributed by atoms with Crippen LogP contribution >= 0.6 is 0 Å². The third-order valence-corrected chi connectivity index (χ3v) is 2.83. The van der Waals surface area contributed by atoms with Crippen LogP contribution in [0, 0.1) is 0 Å². The van der Waals surface area contributed by atoms with Crippen LogP contribution in [0.2, 0.25) is 0 Å². The number of benzene rings is 2. The molecule has 2 aromatic carbocycles. The molecular weight excluding hydrogens is 240 g/mol. The number of nitrogens with zero attached hydrogens (tertiary/aromatic N) is 1. The van der Waals surface area contributed by atoms with Gasteiger partial charge in [-0.2, -0.15) is 0 Å². The highest BCUT2D eigenvalue weighted by Gasteiger charge is 2.17. The minimum atomic E-state index is 0.717. The van der Waals surface area contributed by atoms with E-state index in [1.165, 1.54) is 0 Å². The van der Waals surface area contributed by atoms with E-state index in [9.17, 15) is 0 Å². The quantitative estimate of drug-likeness (QED) is 0.715. The molecule has 0 unspecified atom stereocenters. The van der Waals surface area contributed by atoms with Gasteiger partial charge in [0, 0.05) is 16.9 Å². The molecule has 5 heteroatoms. The third kappa shape index (κ3) is 2.26. The van der Waals surface area contributed by atoms with Crippen LogP contribution in [0.3, 0.4) is 0 Å². The normalized spacial score (nSPS) is 13.7. The van der Waals surface area contributed by atoms with Crippen molar-refractivity contribution in [3.8, 4) is 0 Å². The molecule has 3 rings (SSSR count). The van der Waals surface area contributed by atoms with Gasteiger partial charge in [0.05, 0.1) is 11.9 Å². The Morgan fingerprint density at radius 2 is 1.42 bits per heavy atom. The summed E-state index contributed by atoms with van der Waals surface area (Å²) < 4.78 is 0. The number of hydrogen-bond acceptors (Lipinski definition) is 5. The van der Waals surface area contributed by atoms with Crippen LogP contribution < -0.4 is 22.1 Å².